The summed E-state index contributed by atoms with van der Waals surface area (Å²) in [5.74, 6) is -0.879. The summed E-state index contributed by atoms with van der Waals surface area (Å²) in [7, 11) is 0. The smallest absolute Gasteiger partial charge is 0.339 e. The molecule has 1 N–H and O–H groups in total. The number of hydrogen-bond donors (Lipinski definition) is 1. The zero-order chi connectivity index (χ0) is 18.1. The number of anilines is 1. The second kappa shape index (κ2) is 6.90. The van der Waals surface area contributed by atoms with Gasteiger partial charge in [0.1, 0.15) is 0 Å². The van der Waals surface area contributed by atoms with Crippen LogP contribution in [0.15, 0.2) is 53.9 Å². The number of ether oxygens (including phenoxy) is 1. The molecule has 1 amide bonds. The molecule has 0 radical (unpaired) electrons. The van der Waals surface area contributed by atoms with E-state index in [9.17, 15) is 9.59 Å². The van der Waals surface area contributed by atoms with Gasteiger partial charge in [-0.05, 0) is 17.7 Å². The number of esters is 1. The highest BCUT2D eigenvalue weighted by molar-refractivity contribution is 7.14. The summed E-state index contributed by atoms with van der Waals surface area (Å²) in [6.07, 6.45) is -0.527. The quantitative estimate of drug-likeness (QED) is 0.688. The lowest BCUT2D eigenvalue weighted by atomic mass is 9.98. The van der Waals surface area contributed by atoms with Gasteiger partial charge >= 0.3 is 5.97 Å². The van der Waals surface area contributed by atoms with Gasteiger partial charge in [0.05, 0.1) is 11.3 Å². The van der Waals surface area contributed by atoms with E-state index in [0.717, 1.165) is 11.1 Å². The third-order valence-electron chi connectivity index (χ3n) is 4.07. The Bertz CT molecular complexity index is 1000. The van der Waals surface area contributed by atoms with Crippen molar-refractivity contribution in [1.82, 2.24) is 4.98 Å². The Labute approximate surface area is 158 Å². The van der Waals surface area contributed by atoms with Crippen molar-refractivity contribution >= 4 is 39.9 Å². The van der Waals surface area contributed by atoms with Crippen molar-refractivity contribution in [3.8, 4) is 11.3 Å². The first-order valence-corrected chi connectivity index (χ1v) is 9.18. The van der Waals surface area contributed by atoms with Crippen LogP contribution in [0.3, 0.4) is 0 Å². The standard InChI is InChI=1S/C19H13ClN2O3S/c20-14-8-4-3-7-13(14)15-10-26-19(21-15)22-17(23)16-9-11-5-1-2-6-12(11)18(24)25-16/h1-8,10,16H,9H2,(H,21,22,23)/t16-/m1/s1. The Balaban J connectivity index is 1.50. The molecule has 0 unspecified atom stereocenters. The van der Waals surface area contributed by atoms with Crippen LogP contribution in [0, 0.1) is 0 Å². The van der Waals surface area contributed by atoms with Crippen LogP contribution in [0.5, 0.6) is 0 Å². The zero-order valence-electron chi connectivity index (χ0n) is 13.4. The van der Waals surface area contributed by atoms with Gasteiger partial charge < -0.3 is 4.74 Å². The third-order valence-corrected chi connectivity index (χ3v) is 5.16. The summed E-state index contributed by atoms with van der Waals surface area (Å²) in [5.41, 5.74) is 2.79. The molecule has 0 saturated carbocycles. The van der Waals surface area contributed by atoms with Gasteiger partial charge in [-0.3, -0.25) is 10.1 Å². The molecule has 2 heterocycles. The molecule has 0 bridgehead atoms. The molecule has 1 aliphatic heterocycles. The number of nitrogens with one attached hydrogen (secondary N) is 1. The second-order valence-electron chi connectivity index (χ2n) is 5.76. The lowest BCUT2D eigenvalue weighted by Gasteiger charge is -2.23. The number of fused-ring (bicyclic) bond motifs is 1. The zero-order valence-corrected chi connectivity index (χ0v) is 15.0. The highest BCUT2D eigenvalue weighted by Gasteiger charge is 2.31. The van der Waals surface area contributed by atoms with Crippen LogP contribution in [-0.2, 0) is 16.0 Å². The number of cyclic esters (lactones) is 1. The van der Waals surface area contributed by atoms with E-state index in [-0.39, 0.29) is 0 Å². The maximum Gasteiger partial charge on any atom is 0.339 e. The minimum absolute atomic E-state index is 0.344. The van der Waals surface area contributed by atoms with Gasteiger partial charge in [0.15, 0.2) is 11.2 Å². The van der Waals surface area contributed by atoms with Gasteiger partial charge in [-0.25, -0.2) is 9.78 Å². The fraction of sp³-hybridized carbons (Fsp3) is 0.105. The lowest BCUT2D eigenvalue weighted by molar-refractivity contribution is -0.125. The van der Waals surface area contributed by atoms with Crippen LogP contribution in [0.2, 0.25) is 5.02 Å². The molecule has 1 aliphatic rings. The van der Waals surface area contributed by atoms with E-state index in [0.29, 0.717) is 27.8 Å². The third kappa shape index (κ3) is 3.21. The number of amides is 1. The predicted octanol–water partition coefficient (Wildman–Crippen LogP) is 4.18. The lowest BCUT2D eigenvalue weighted by Crippen LogP contribution is -2.37. The summed E-state index contributed by atoms with van der Waals surface area (Å²) in [6, 6.07) is 14.5. The van der Waals surface area contributed by atoms with Gasteiger partial charge in [0.2, 0.25) is 0 Å². The van der Waals surface area contributed by atoms with E-state index in [1.807, 2.05) is 35.7 Å². The molecular formula is C19H13ClN2O3S. The molecule has 0 fully saturated rings. The molecule has 0 saturated heterocycles. The van der Waals surface area contributed by atoms with Crippen molar-refractivity contribution in [3.05, 3.63) is 70.1 Å². The molecule has 1 aromatic heterocycles. The van der Waals surface area contributed by atoms with Gasteiger partial charge in [-0.1, -0.05) is 48.0 Å². The maximum atomic E-state index is 12.5. The normalized spacial score (nSPS) is 15.9. The van der Waals surface area contributed by atoms with Crippen molar-refractivity contribution in [2.24, 2.45) is 0 Å². The second-order valence-corrected chi connectivity index (χ2v) is 7.03. The molecular weight excluding hydrogens is 372 g/mol. The summed E-state index contributed by atoms with van der Waals surface area (Å²) in [6.45, 7) is 0. The molecule has 26 heavy (non-hydrogen) atoms. The molecule has 7 heteroatoms. The number of benzene rings is 2. The fourth-order valence-electron chi connectivity index (χ4n) is 2.79. The minimum atomic E-state index is -0.870. The van der Waals surface area contributed by atoms with Crippen LogP contribution in [0.1, 0.15) is 15.9 Å². The van der Waals surface area contributed by atoms with Crippen molar-refractivity contribution in [2.45, 2.75) is 12.5 Å². The number of hydrogen-bond acceptors (Lipinski definition) is 5. The summed E-state index contributed by atoms with van der Waals surface area (Å²) < 4.78 is 5.26. The molecule has 2 aromatic carbocycles. The van der Waals surface area contributed by atoms with Crippen molar-refractivity contribution in [2.75, 3.05) is 5.32 Å². The molecule has 4 rings (SSSR count). The minimum Gasteiger partial charge on any atom is -0.448 e. The van der Waals surface area contributed by atoms with Crippen LogP contribution in [0.25, 0.3) is 11.3 Å². The van der Waals surface area contributed by atoms with E-state index in [2.05, 4.69) is 10.3 Å². The maximum absolute atomic E-state index is 12.5. The first-order chi connectivity index (χ1) is 12.6. The molecule has 0 aliphatic carbocycles. The van der Waals surface area contributed by atoms with E-state index in [4.69, 9.17) is 16.3 Å². The highest BCUT2D eigenvalue weighted by Crippen LogP contribution is 2.30. The largest absolute Gasteiger partial charge is 0.448 e. The van der Waals surface area contributed by atoms with Gasteiger partial charge in [0, 0.05) is 22.4 Å². The average Bonchev–Trinajstić information content (AvgIpc) is 3.10. The van der Waals surface area contributed by atoms with E-state index < -0.39 is 18.0 Å². The number of halogens is 1. The number of nitrogens with zero attached hydrogens (tertiary/aromatic N) is 1. The van der Waals surface area contributed by atoms with Crippen LogP contribution >= 0.6 is 22.9 Å². The molecule has 1 atom stereocenters. The van der Waals surface area contributed by atoms with Gasteiger partial charge in [0.25, 0.3) is 5.91 Å². The first kappa shape index (κ1) is 16.8. The van der Waals surface area contributed by atoms with Crippen LogP contribution in [0.4, 0.5) is 5.13 Å². The fourth-order valence-corrected chi connectivity index (χ4v) is 3.73. The molecule has 3 aromatic rings. The number of thiazole rings is 1. The van der Waals surface area contributed by atoms with Crippen LogP contribution < -0.4 is 5.32 Å². The Morgan fingerprint density at radius 2 is 1.88 bits per heavy atom. The topological polar surface area (TPSA) is 68.3 Å². The van der Waals surface area contributed by atoms with Crippen molar-refractivity contribution in [1.29, 1.82) is 0 Å². The SMILES string of the molecule is O=C1O[C@@H](C(=O)Nc2nc(-c3ccccc3Cl)cs2)Cc2ccccc21. The van der Waals surface area contributed by atoms with E-state index in [1.165, 1.54) is 11.3 Å². The van der Waals surface area contributed by atoms with Gasteiger partial charge in [-0.15, -0.1) is 11.3 Å². The molecule has 130 valence electrons. The summed E-state index contributed by atoms with van der Waals surface area (Å²) in [4.78, 5) is 28.9. The Morgan fingerprint density at radius 1 is 1.15 bits per heavy atom. The van der Waals surface area contributed by atoms with Crippen LogP contribution in [-0.4, -0.2) is 23.0 Å². The number of aromatic nitrogens is 1. The number of carbonyl (C=O) groups is 2. The number of carbonyl (C=O) groups excluding carboxylic acids is 2. The Hall–Kier alpha value is -2.70. The Morgan fingerprint density at radius 3 is 2.69 bits per heavy atom. The molecule has 0 spiro atoms. The van der Waals surface area contributed by atoms with Crippen molar-refractivity contribution < 1.29 is 14.3 Å². The predicted molar refractivity (Wildman–Crippen MR) is 101 cm³/mol. The first-order valence-electron chi connectivity index (χ1n) is 7.92. The van der Waals surface area contributed by atoms with Gasteiger partial charge in [-0.2, -0.15) is 0 Å². The van der Waals surface area contributed by atoms with E-state index in [1.54, 1.807) is 18.2 Å². The highest BCUT2D eigenvalue weighted by atomic mass is 35.5. The average molecular weight is 385 g/mol. The van der Waals surface area contributed by atoms with Crippen molar-refractivity contribution in [3.63, 3.8) is 0 Å². The Kier molecular flexibility index (Phi) is 4.44. The summed E-state index contributed by atoms with van der Waals surface area (Å²) in [5, 5.41) is 5.56. The summed E-state index contributed by atoms with van der Waals surface area (Å²) >= 11 is 7.47. The monoisotopic (exact) mass is 384 g/mol. The van der Waals surface area contributed by atoms with E-state index >= 15 is 0 Å². The molecule has 5 nitrogen and oxygen atoms in total. The number of rotatable bonds is 3.